The van der Waals surface area contributed by atoms with Crippen LogP contribution in [0.15, 0.2) is 84.9 Å². The number of hydrogen-bond donors (Lipinski definition) is 0. The van der Waals surface area contributed by atoms with Gasteiger partial charge in [0.15, 0.2) is 0 Å². The quantitative estimate of drug-likeness (QED) is 0.413. The molecule has 0 unspecified atom stereocenters. The Bertz CT molecular complexity index is 1080. The van der Waals surface area contributed by atoms with Gasteiger partial charge in [-0.2, -0.15) is 0 Å². The first-order valence-electron chi connectivity index (χ1n) is 9.09. The van der Waals surface area contributed by atoms with E-state index in [2.05, 4.69) is 79.7 Å². The van der Waals surface area contributed by atoms with E-state index in [0.717, 1.165) is 22.6 Å². The number of hydrogen-bond acceptors (Lipinski definition) is 2. The lowest BCUT2D eigenvalue weighted by atomic mass is 9.97. The molecule has 0 atom stereocenters. The maximum atomic E-state index is 6.27. The van der Waals surface area contributed by atoms with Gasteiger partial charge in [0.05, 0.1) is 7.11 Å². The lowest BCUT2D eigenvalue weighted by molar-refractivity contribution is 0.308. The fourth-order valence-corrected chi connectivity index (χ4v) is 3.41. The Balaban J connectivity index is 1.80. The van der Waals surface area contributed by atoms with Crippen LogP contribution in [0.3, 0.4) is 0 Å². The molecule has 2 nitrogen and oxygen atoms in total. The van der Waals surface area contributed by atoms with Gasteiger partial charge in [0, 0.05) is 5.56 Å². The first-order valence-corrected chi connectivity index (χ1v) is 9.09. The van der Waals surface area contributed by atoms with E-state index in [-0.39, 0.29) is 0 Å². The molecular weight excluding hydrogens is 332 g/mol. The first kappa shape index (κ1) is 17.2. The van der Waals surface area contributed by atoms with Crippen molar-refractivity contribution in [1.82, 2.24) is 0 Å². The standard InChI is InChI=1S/C25H22O2/c1-18-7-5-8-19(15-18)17-27-24-14-13-20-9-3-4-12-23(20)25(24)21-10-6-11-22(16-21)26-2/h3-16H,17H2,1-2H3. The fourth-order valence-electron chi connectivity index (χ4n) is 3.41. The van der Waals surface area contributed by atoms with Crippen LogP contribution in [0.1, 0.15) is 11.1 Å². The molecule has 4 aromatic carbocycles. The number of benzene rings is 4. The predicted molar refractivity (Wildman–Crippen MR) is 111 cm³/mol. The summed E-state index contributed by atoms with van der Waals surface area (Å²) in [6, 6.07) is 29.1. The Kier molecular flexibility index (Phi) is 4.80. The normalized spacial score (nSPS) is 10.7. The van der Waals surface area contributed by atoms with Gasteiger partial charge in [-0.1, -0.05) is 72.3 Å². The summed E-state index contributed by atoms with van der Waals surface area (Å²) < 4.78 is 11.7. The van der Waals surface area contributed by atoms with E-state index in [4.69, 9.17) is 9.47 Å². The van der Waals surface area contributed by atoms with E-state index in [1.165, 1.54) is 21.9 Å². The van der Waals surface area contributed by atoms with Gasteiger partial charge in [-0.05, 0) is 47.0 Å². The average molecular weight is 354 g/mol. The Labute approximate surface area is 160 Å². The minimum Gasteiger partial charge on any atom is -0.497 e. The minimum absolute atomic E-state index is 0.539. The summed E-state index contributed by atoms with van der Waals surface area (Å²) in [5.74, 6) is 1.72. The van der Waals surface area contributed by atoms with Crippen molar-refractivity contribution in [1.29, 1.82) is 0 Å². The SMILES string of the molecule is COc1cccc(-c2c(OCc3cccc(C)c3)ccc3ccccc23)c1. The molecule has 0 bridgehead atoms. The zero-order valence-electron chi connectivity index (χ0n) is 15.6. The lowest BCUT2D eigenvalue weighted by Crippen LogP contribution is -1.98. The molecule has 2 heteroatoms. The highest BCUT2D eigenvalue weighted by molar-refractivity contribution is 5.99. The molecule has 0 aliphatic rings. The number of fused-ring (bicyclic) bond motifs is 1. The summed E-state index contributed by atoms with van der Waals surface area (Å²) in [7, 11) is 1.69. The largest absolute Gasteiger partial charge is 0.497 e. The summed E-state index contributed by atoms with van der Waals surface area (Å²) in [6.07, 6.45) is 0. The van der Waals surface area contributed by atoms with Crippen LogP contribution in [0.4, 0.5) is 0 Å². The van der Waals surface area contributed by atoms with Crippen LogP contribution in [0.25, 0.3) is 21.9 Å². The summed E-state index contributed by atoms with van der Waals surface area (Å²) in [6.45, 7) is 2.64. The van der Waals surface area contributed by atoms with Crippen molar-refractivity contribution in [3.8, 4) is 22.6 Å². The van der Waals surface area contributed by atoms with E-state index in [1.807, 2.05) is 12.1 Å². The van der Waals surface area contributed by atoms with E-state index in [0.29, 0.717) is 6.61 Å². The molecule has 0 aliphatic heterocycles. The average Bonchev–Trinajstić information content (AvgIpc) is 2.72. The highest BCUT2D eigenvalue weighted by Gasteiger charge is 2.12. The summed E-state index contributed by atoms with van der Waals surface area (Å²) >= 11 is 0. The van der Waals surface area contributed by atoms with E-state index in [9.17, 15) is 0 Å². The molecule has 0 saturated heterocycles. The van der Waals surface area contributed by atoms with E-state index >= 15 is 0 Å². The van der Waals surface area contributed by atoms with Crippen molar-refractivity contribution in [2.75, 3.05) is 7.11 Å². The number of rotatable bonds is 5. The van der Waals surface area contributed by atoms with E-state index in [1.54, 1.807) is 7.11 Å². The predicted octanol–water partition coefficient (Wildman–Crippen LogP) is 6.40. The molecule has 134 valence electrons. The summed E-state index contributed by atoms with van der Waals surface area (Å²) in [5.41, 5.74) is 4.59. The van der Waals surface area contributed by atoms with Gasteiger partial charge in [-0.25, -0.2) is 0 Å². The second-order valence-corrected chi connectivity index (χ2v) is 6.67. The molecule has 4 aromatic rings. The second kappa shape index (κ2) is 7.55. The highest BCUT2D eigenvalue weighted by atomic mass is 16.5. The monoisotopic (exact) mass is 354 g/mol. The second-order valence-electron chi connectivity index (χ2n) is 6.67. The first-order chi connectivity index (χ1) is 13.2. The molecule has 0 spiro atoms. The molecule has 0 saturated carbocycles. The van der Waals surface area contributed by atoms with Crippen molar-refractivity contribution in [3.05, 3.63) is 96.1 Å². The minimum atomic E-state index is 0.539. The van der Waals surface area contributed by atoms with Crippen LogP contribution in [-0.4, -0.2) is 7.11 Å². The highest BCUT2D eigenvalue weighted by Crippen LogP contribution is 2.38. The maximum absolute atomic E-state index is 6.27. The van der Waals surface area contributed by atoms with Crippen LogP contribution < -0.4 is 9.47 Å². The van der Waals surface area contributed by atoms with Crippen molar-refractivity contribution < 1.29 is 9.47 Å². The molecule has 0 fully saturated rings. The van der Waals surface area contributed by atoms with Crippen molar-refractivity contribution in [2.45, 2.75) is 13.5 Å². The van der Waals surface area contributed by atoms with Gasteiger partial charge in [0.1, 0.15) is 18.1 Å². The molecule has 0 heterocycles. The van der Waals surface area contributed by atoms with E-state index < -0.39 is 0 Å². The fraction of sp³-hybridized carbons (Fsp3) is 0.120. The third-order valence-corrected chi connectivity index (χ3v) is 4.73. The molecule has 0 aliphatic carbocycles. The Hall–Kier alpha value is -3.26. The third kappa shape index (κ3) is 3.65. The molecule has 4 rings (SSSR count). The van der Waals surface area contributed by atoms with Crippen molar-refractivity contribution in [2.24, 2.45) is 0 Å². The van der Waals surface area contributed by atoms with Gasteiger partial charge in [-0.15, -0.1) is 0 Å². The van der Waals surface area contributed by atoms with Gasteiger partial charge in [0.2, 0.25) is 0 Å². The van der Waals surface area contributed by atoms with Crippen molar-refractivity contribution in [3.63, 3.8) is 0 Å². The Morgan fingerprint density at radius 2 is 1.63 bits per heavy atom. The van der Waals surface area contributed by atoms with Crippen LogP contribution in [-0.2, 0) is 6.61 Å². The van der Waals surface area contributed by atoms with Crippen LogP contribution in [0.5, 0.6) is 11.5 Å². The zero-order chi connectivity index (χ0) is 18.6. The maximum Gasteiger partial charge on any atom is 0.128 e. The summed E-state index contributed by atoms with van der Waals surface area (Å²) in [4.78, 5) is 0. The molecule has 27 heavy (non-hydrogen) atoms. The summed E-state index contributed by atoms with van der Waals surface area (Å²) in [5, 5.41) is 2.37. The van der Waals surface area contributed by atoms with Crippen LogP contribution in [0.2, 0.25) is 0 Å². The van der Waals surface area contributed by atoms with Gasteiger partial charge in [-0.3, -0.25) is 0 Å². The smallest absolute Gasteiger partial charge is 0.128 e. The van der Waals surface area contributed by atoms with Gasteiger partial charge in [0.25, 0.3) is 0 Å². The molecule has 0 amide bonds. The molecule has 0 aromatic heterocycles. The third-order valence-electron chi connectivity index (χ3n) is 4.73. The lowest BCUT2D eigenvalue weighted by Gasteiger charge is -2.15. The Morgan fingerprint density at radius 1 is 0.778 bits per heavy atom. The number of methoxy groups -OCH3 is 1. The molecule has 0 N–H and O–H groups in total. The van der Waals surface area contributed by atoms with Crippen molar-refractivity contribution >= 4 is 10.8 Å². The number of aryl methyl sites for hydroxylation is 1. The number of ether oxygens (including phenoxy) is 2. The zero-order valence-corrected chi connectivity index (χ0v) is 15.6. The topological polar surface area (TPSA) is 18.5 Å². The molecular formula is C25H22O2. The van der Waals surface area contributed by atoms with Crippen LogP contribution in [0, 0.1) is 6.92 Å². The van der Waals surface area contributed by atoms with Crippen LogP contribution >= 0.6 is 0 Å². The van der Waals surface area contributed by atoms with Gasteiger partial charge >= 0.3 is 0 Å². The molecule has 0 radical (unpaired) electrons. The Morgan fingerprint density at radius 3 is 2.48 bits per heavy atom. The van der Waals surface area contributed by atoms with Gasteiger partial charge < -0.3 is 9.47 Å².